The van der Waals surface area contributed by atoms with Gasteiger partial charge in [-0.2, -0.15) is 5.10 Å². The SMILES string of the molecule is CSc1nc(-c2ccccc2F)n(-c2ccc(Br)cc2)c(=O)c1C(=NN)c1ccc2ccccc2n1. The molecule has 0 aliphatic rings. The maximum atomic E-state index is 14.9. The van der Waals surface area contributed by atoms with E-state index in [0.29, 0.717) is 16.4 Å². The molecule has 3 aromatic carbocycles. The van der Waals surface area contributed by atoms with E-state index in [1.54, 1.807) is 54.8 Å². The van der Waals surface area contributed by atoms with Gasteiger partial charge in [0.05, 0.1) is 22.5 Å². The fourth-order valence-electron chi connectivity index (χ4n) is 3.96. The highest BCUT2D eigenvalue weighted by Gasteiger charge is 2.25. The van der Waals surface area contributed by atoms with Crippen molar-refractivity contribution in [3.8, 4) is 17.1 Å². The second-order valence-corrected chi connectivity index (χ2v) is 9.49. The van der Waals surface area contributed by atoms with Crippen molar-refractivity contribution < 1.29 is 4.39 Å². The summed E-state index contributed by atoms with van der Waals surface area (Å²) in [5, 5.41) is 5.29. The van der Waals surface area contributed by atoms with E-state index in [2.05, 4.69) is 26.0 Å². The van der Waals surface area contributed by atoms with Crippen molar-refractivity contribution in [3.05, 3.63) is 117 Å². The minimum absolute atomic E-state index is 0.177. The Balaban J connectivity index is 1.82. The summed E-state index contributed by atoms with van der Waals surface area (Å²) in [4.78, 5) is 23.6. The third-order valence-electron chi connectivity index (χ3n) is 5.65. The summed E-state index contributed by atoms with van der Waals surface area (Å²) in [6.07, 6.45) is 1.79. The van der Waals surface area contributed by atoms with Gasteiger partial charge in [-0.25, -0.2) is 14.4 Å². The van der Waals surface area contributed by atoms with Crippen LogP contribution in [0.2, 0.25) is 0 Å². The van der Waals surface area contributed by atoms with E-state index in [1.807, 2.05) is 30.3 Å². The molecule has 0 unspecified atom stereocenters. The van der Waals surface area contributed by atoms with Crippen LogP contribution in [-0.2, 0) is 0 Å². The van der Waals surface area contributed by atoms with Crippen molar-refractivity contribution in [1.29, 1.82) is 0 Å². The van der Waals surface area contributed by atoms with Gasteiger partial charge in [-0.3, -0.25) is 9.36 Å². The number of hydrazone groups is 1. The van der Waals surface area contributed by atoms with Crippen LogP contribution in [0.25, 0.3) is 28.0 Å². The van der Waals surface area contributed by atoms with Crippen LogP contribution in [-0.4, -0.2) is 26.5 Å². The van der Waals surface area contributed by atoms with Gasteiger partial charge in [-0.15, -0.1) is 11.8 Å². The molecule has 0 saturated heterocycles. The number of rotatable bonds is 5. The van der Waals surface area contributed by atoms with Gasteiger partial charge in [0.15, 0.2) is 5.82 Å². The molecule has 0 saturated carbocycles. The van der Waals surface area contributed by atoms with Crippen molar-refractivity contribution >= 4 is 44.3 Å². The number of hydrogen-bond acceptors (Lipinski definition) is 6. The van der Waals surface area contributed by atoms with Gasteiger partial charge in [-0.05, 0) is 54.8 Å². The Bertz CT molecular complexity index is 1680. The first-order valence-corrected chi connectivity index (χ1v) is 12.9. The number of para-hydroxylation sites is 1. The molecule has 0 spiro atoms. The Kier molecular flexibility index (Phi) is 6.67. The summed E-state index contributed by atoms with van der Waals surface area (Å²) in [6, 6.07) is 24.7. The summed E-state index contributed by atoms with van der Waals surface area (Å²) in [5.41, 5.74) is 1.86. The molecule has 9 heteroatoms. The third kappa shape index (κ3) is 4.31. The molecule has 0 aliphatic heterocycles. The normalized spacial score (nSPS) is 11.7. The molecule has 0 atom stereocenters. The Morgan fingerprint density at radius 3 is 2.42 bits per heavy atom. The molecule has 2 N–H and O–H groups in total. The minimum Gasteiger partial charge on any atom is -0.323 e. The van der Waals surface area contributed by atoms with Gasteiger partial charge >= 0.3 is 0 Å². The van der Waals surface area contributed by atoms with Crippen LogP contribution >= 0.6 is 27.7 Å². The number of benzene rings is 3. The van der Waals surface area contributed by atoms with E-state index >= 15 is 0 Å². The molecule has 5 rings (SSSR count). The number of fused-ring (bicyclic) bond motifs is 1. The summed E-state index contributed by atoms with van der Waals surface area (Å²) in [5.74, 6) is 5.54. The van der Waals surface area contributed by atoms with E-state index in [0.717, 1.165) is 15.4 Å². The zero-order chi connectivity index (χ0) is 25.2. The second-order valence-electron chi connectivity index (χ2n) is 7.78. The largest absolute Gasteiger partial charge is 0.323 e. The number of thioether (sulfide) groups is 1. The lowest BCUT2D eigenvalue weighted by Gasteiger charge is -2.18. The summed E-state index contributed by atoms with van der Waals surface area (Å²) < 4.78 is 17.1. The number of halogens is 2. The predicted molar refractivity (Wildman–Crippen MR) is 146 cm³/mol. The lowest BCUT2D eigenvalue weighted by Crippen LogP contribution is -2.30. The molecule has 0 bridgehead atoms. The Morgan fingerprint density at radius 1 is 0.972 bits per heavy atom. The monoisotopic (exact) mass is 559 g/mol. The zero-order valence-corrected chi connectivity index (χ0v) is 21.4. The molecular formula is C27H19BrFN5OS. The van der Waals surface area contributed by atoms with Crippen LogP contribution in [0.15, 0.2) is 104 Å². The average molecular weight is 560 g/mol. The fourth-order valence-corrected chi connectivity index (χ4v) is 4.79. The van der Waals surface area contributed by atoms with Crippen LogP contribution < -0.4 is 11.4 Å². The van der Waals surface area contributed by atoms with Gasteiger partial charge in [0.25, 0.3) is 5.56 Å². The third-order valence-corrected chi connectivity index (χ3v) is 6.86. The van der Waals surface area contributed by atoms with Crippen molar-refractivity contribution in [2.24, 2.45) is 10.9 Å². The molecule has 0 amide bonds. The molecule has 5 aromatic rings. The van der Waals surface area contributed by atoms with Crippen LogP contribution in [0.3, 0.4) is 0 Å². The number of aromatic nitrogens is 3. The topological polar surface area (TPSA) is 86.2 Å². The molecule has 0 radical (unpaired) electrons. The zero-order valence-electron chi connectivity index (χ0n) is 19.0. The first-order valence-electron chi connectivity index (χ1n) is 10.9. The Labute approximate surface area is 218 Å². The number of nitrogens with zero attached hydrogens (tertiary/aromatic N) is 4. The van der Waals surface area contributed by atoms with Gasteiger partial charge < -0.3 is 5.84 Å². The quantitative estimate of drug-likeness (QED) is 0.0969. The highest BCUT2D eigenvalue weighted by atomic mass is 79.9. The molecular weight excluding hydrogens is 541 g/mol. The highest BCUT2D eigenvalue weighted by Crippen LogP contribution is 2.28. The van der Waals surface area contributed by atoms with Gasteiger partial charge in [0.2, 0.25) is 0 Å². The molecule has 0 fully saturated rings. The van der Waals surface area contributed by atoms with E-state index in [4.69, 9.17) is 10.8 Å². The number of hydrogen-bond donors (Lipinski definition) is 1. The lowest BCUT2D eigenvalue weighted by molar-refractivity contribution is 0.628. The molecule has 0 aliphatic carbocycles. The fraction of sp³-hybridized carbons (Fsp3) is 0.0370. The van der Waals surface area contributed by atoms with E-state index in [-0.39, 0.29) is 22.7 Å². The summed E-state index contributed by atoms with van der Waals surface area (Å²) in [7, 11) is 0. The Hall–Kier alpha value is -3.82. The van der Waals surface area contributed by atoms with E-state index < -0.39 is 11.4 Å². The molecule has 178 valence electrons. The van der Waals surface area contributed by atoms with Crippen molar-refractivity contribution in [1.82, 2.24) is 14.5 Å². The van der Waals surface area contributed by atoms with Gasteiger partial charge in [0.1, 0.15) is 22.1 Å². The van der Waals surface area contributed by atoms with Gasteiger partial charge in [-0.1, -0.05) is 52.3 Å². The maximum Gasteiger partial charge on any atom is 0.269 e. The lowest BCUT2D eigenvalue weighted by atomic mass is 10.1. The summed E-state index contributed by atoms with van der Waals surface area (Å²) >= 11 is 4.68. The maximum absolute atomic E-state index is 14.9. The van der Waals surface area contributed by atoms with Gasteiger partial charge in [0, 0.05) is 9.86 Å². The standard InChI is InChI=1S/C27H19BrFN5OS/c1-36-26-23(24(33-30)22-15-10-16-6-2-5-9-21(16)31-22)27(35)34(18-13-11-17(28)12-14-18)25(32-26)19-7-3-4-8-20(19)29/h2-15H,30H2,1H3. The predicted octanol–water partition coefficient (Wildman–Crippen LogP) is 5.78. The van der Waals surface area contributed by atoms with Crippen LogP contribution in [0.1, 0.15) is 11.3 Å². The van der Waals surface area contributed by atoms with Crippen molar-refractivity contribution in [2.45, 2.75) is 5.03 Å². The number of pyridine rings is 1. The first-order chi connectivity index (χ1) is 17.5. The Morgan fingerprint density at radius 2 is 1.69 bits per heavy atom. The van der Waals surface area contributed by atoms with Crippen LogP contribution in [0.5, 0.6) is 0 Å². The number of nitrogens with two attached hydrogens (primary N) is 1. The summed E-state index contributed by atoms with van der Waals surface area (Å²) in [6.45, 7) is 0. The van der Waals surface area contributed by atoms with Crippen molar-refractivity contribution in [2.75, 3.05) is 6.26 Å². The molecule has 36 heavy (non-hydrogen) atoms. The smallest absolute Gasteiger partial charge is 0.269 e. The van der Waals surface area contributed by atoms with Crippen molar-refractivity contribution in [3.63, 3.8) is 0 Å². The molecule has 2 aromatic heterocycles. The first kappa shape index (κ1) is 23.9. The van der Waals surface area contributed by atoms with E-state index in [1.165, 1.54) is 22.4 Å². The minimum atomic E-state index is -0.487. The van der Waals surface area contributed by atoms with Crippen LogP contribution in [0, 0.1) is 5.82 Å². The van der Waals surface area contributed by atoms with Crippen LogP contribution in [0.4, 0.5) is 4.39 Å². The molecule has 6 nitrogen and oxygen atoms in total. The molecule has 2 heterocycles. The highest BCUT2D eigenvalue weighted by molar-refractivity contribution is 9.10. The second kappa shape index (κ2) is 10.0. The average Bonchev–Trinajstić information content (AvgIpc) is 2.90. The van der Waals surface area contributed by atoms with E-state index in [9.17, 15) is 9.18 Å².